The highest BCUT2D eigenvalue weighted by atomic mass is 16.2. The topological polar surface area (TPSA) is 53.2 Å². The van der Waals surface area contributed by atoms with Crippen molar-refractivity contribution in [3.8, 4) is 0 Å². The highest BCUT2D eigenvalue weighted by Crippen LogP contribution is 2.24. The van der Waals surface area contributed by atoms with Gasteiger partial charge in [-0.1, -0.05) is 6.92 Å². The minimum Gasteiger partial charge on any atom is -0.338 e. The zero-order valence-corrected chi connectivity index (χ0v) is 12.5. The van der Waals surface area contributed by atoms with E-state index in [1.54, 1.807) is 0 Å². The molecule has 1 aliphatic rings. The SMILES string of the molecule is CCCC(=O)N1CCc2cc3cc(C)c(=O)[nH]c3cc2C1. The number of H-pyrrole nitrogens is 1. The molecule has 1 aromatic heterocycles. The zero-order valence-electron chi connectivity index (χ0n) is 12.5. The smallest absolute Gasteiger partial charge is 0.251 e. The van der Waals surface area contributed by atoms with Gasteiger partial charge in [0.2, 0.25) is 5.91 Å². The fourth-order valence-electron chi connectivity index (χ4n) is 2.96. The number of benzene rings is 1. The van der Waals surface area contributed by atoms with Crippen molar-refractivity contribution in [2.75, 3.05) is 6.54 Å². The molecule has 4 nitrogen and oxygen atoms in total. The van der Waals surface area contributed by atoms with Crippen molar-refractivity contribution in [2.24, 2.45) is 0 Å². The molecule has 1 N–H and O–H groups in total. The summed E-state index contributed by atoms with van der Waals surface area (Å²) in [7, 11) is 0. The fourth-order valence-corrected chi connectivity index (χ4v) is 2.96. The first-order chi connectivity index (χ1) is 10.1. The molecule has 2 aromatic rings. The summed E-state index contributed by atoms with van der Waals surface area (Å²) in [6.07, 6.45) is 2.38. The van der Waals surface area contributed by atoms with Gasteiger partial charge in [0.25, 0.3) is 5.56 Å². The van der Waals surface area contributed by atoms with Crippen LogP contribution in [-0.4, -0.2) is 22.3 Å². The molecule has 0 radical (unpaired) electrons. The van der Waals surface area contributed by atoms with E-state index >= 15 is 0 Å². The van der Waals surface area contributed by atoms with E-state index in [1.165, 1.54) is 5.56 Å². The lowest BCUT2D eigenvalue weighted by Crippen LogP contribution is -2.35. The molecule has 2 heterocycles. The molecule has 3 rings (SSSR count). The molecule has 1 amide bonds. The molecule has 0 unspecified atom stereocenters. The number of carbonyl (C=O) groups is 1. The van der Waals surface area contributed by atoms with Gasteiger partial charge in [0.1, 0.15) is 0 Å². The molecule has 1 aromatic carbocycles. The molecule has 4 heteroatoms. The lowest BCUT2D eigenvalue weighted by molar-refractivity contribution is -0.132. The lowest BCUT2D eigenvalue weighted by atomic mass is 9.96. The van der Waals surface area contributed by atoms with Crippen molar-refractivity contribution >= 4 is 16.8 Å². The Kier molecular flexibility index (Phi) is 3.53. The van der Waals surface area contributed by atoms with Crippen molar-refractivity contribution < 1.29 is 4.79 Å². The van der Waals surface area contributed by atoms with E-state index in [9.17, 15) is 9.59 Å². The first kappa shape index (κ1) is 13.9. The van der Waals surface area contributed by atoms with Crippen molar-refractivity contribution in [1.82, 2.24) is 9.88 Å². The van der Waals surface area contributed by atoms with Gasteiger partial charge in [-0.15, -0.1) is 0 Å². The number of nitrogens with one attached hydrogen (secondary N) is 1. The van der Waals surface area contributed by atoms with E-state index in [1.807, 2.05) is 30.9 Å². The maximum absolute atomic E-state index is 12.0. The van der Waals surface area contributed by atoms with Crippen LogP contribution in [0.25, 0.3) is 10.9 Å². The van der Waals surface area contributed by atoms with Gasteiger partial charge in [-0.05, 0) is 54.5 Å². The van der Waals surface area contributed by atoms with Crippen LogP contribution in [0.5, 0.6) is 0 Å². The number of fused-ring (bicyclic) bond motifs is 2. The Morgan fingerprint density at radius 2 is 2.10 bits per heavy atom. The van der Waals surface area contributed by atoms with Crippen LogP contribution in [0.15, 0.2) is 23.0 Å². The van der Waals surface area contributed by atoms with Crippen LogP contribution in [0.4, 0.5) is 0 Å². The third-order valence-electron chi connectivity index (χ3n) is 4.18. The number of amides is 1. The largest absolute Gasteiger partial charge is 0.338 e. The second-order valence-electron chi connectivity index (χ2n) is 5.80. The van der Waals surface area contributed by atoms with Crippen LogP contribution in [0.1, 0.15) is 36.5 Å². The second kappa shape index (κ2) is 5.35. The molecule has 0 saturated carbocycles. The van der Waals surface area contributed by atoms with Crippen LogP contribution >= 0.6 is 0 Å². The number of nitrogens with zero attached hydrogens (tertiary/aromatic N) is 1. The molecule has 0 aliphatic carbocycles. The maximum Gasteiger partial charge on any atom is 0.251 e. The Morgan fingerprint density at radius 3 is 2.86 bits per heavy atom. The molecular formula is C17H20N2O2. The molecule has 0 spiro atoms. The molecule has 0 saturated heterocycles. The molecule has 110 valence electrons. The van der Waals surface area contributed by atoms with Crippen LogP contribution in [-0.2, 0) is 17.8 Å². The van der Waals surface area contributed by atoms with Crippen LogP contribution < -0.4 is 5.56 Å². The summed E-state index contributed by atoms with van der Waals surface area (Å²) in [6, 6.07) is 6.11. The number of aromatic nitrogens is 1. The van der Waals surface area contributed by atoms with E-state index in [2.05, 4.69) is 11.1 Å². The number of aromatic amines is 1. The van der Waals surface area contributed by atoms with Gasteiger partial charge in [0, 0.05) is 30.6 Å². The normalized spacial score (nSPS) is 14.3. The fraction of sp³-hybridized carbons (Fsp3) is 0.412. The average Bonchev–Trinajstić information content (AvgIpc) is 2.46. The van der Waals surface area contributed by atoms with Gasteiger partial charge in [-0.3, -0.25) is 9.59 Å². The minimum absolute atomic E-state index is 0.0443. The van der Waals surface area contributed by atoms with Gasteiger partial charge < -0.3 is 9.88 Å². The molecule has 1 aliphatic heterocycles. The molecular weight excluding hydrogens is 264 g/mol. The summed E-state index contributed by atoms with van der Waals surface area (Å²) < 4.78 is 0. The number of pyridine rings is 1. The van der Waals surface area contributed by atoms with Gasteiger partial charge in [0.15, 0.2) is 0 Å². The van der Waals surface area contributed by atoms with Gasteiger partial charge in [-0.25, -0.2) is 0 Å². The van der Waals surface area contributed by atoms with E-state index in [4.69, 9.17) is 0 Å². The monoisotopic (exact) mass is 284 g/mol. The van der Waals surface area contributed by atoms with Crippen LogP contribution in [0.3, 0.4) is 0 Å². The number of hydrogen-bond donors (Lipinski definition) is 1. The highest BCUT2D eigenvalue weighted by Gasteiger charge is 2.20. The summed E-state index contributed by atoms with van der Waals surface area (Å²) in [6.45, 7) is 5.29. The van der Waals surface area contributed by atoms with E-state index < -0.39 is 0 Å². The molecule has 0 atom stereocenters. The lowest BCUT2D eigenvalue weighted by Gasteiger charge is -2.29. The molecule has 0 fully saturated rings. The summed E-state index contributed by atoms with van der Waals surface area (Å²) in [5.41, 5.74) is 3.98. The predicted octanol–water partition coefficient (Wildman–Crippen LogP) is 2.52. The van der Waals surface area contributed by atoms with Crippen LogP contribution in [0, 0.1) is 6.92 Å². The first-order valence-electron chi connectivity index (χ1n) is 7.51. The number of carbonyl (C=O) groups excluding carboxylic acids is 1. The van der Waals surface area contributed by atoms with Crippen molar-refractivity contribution in [2.45, 2.75) is 39.7 Å². The number of aryl methyl sites for hydroxylation is 1. The third kappa shape index (κ3) is 2.58. The summed E-state index contributed by atoms with van der Waals surface area (Å²) in [5, 5.41) is 1.07. The van der Waals surface area contributed by atoms with Crippen molar-refractivity contribution in [1.29, 1.82) is 0 Å². The van der Waals surface area contributed by atoms with Gasteiger partial charge in [-0.2, -0.15) is 0 Å². The second-order valence-corrected chi connectivity index (χ2v) is 5.80. The van der Waals surface area contributed by atoms with E-state index in [-0.39, 0.29) is 11.5 Å². The molecule has 21 heavy (non-hydrogen) atoms. The predicted molar refractivity (Wildman–Crippen MR) is 83.3 cm³/mol. The molecule has 0 bridgehead atoms. The third-order valence-corrected chi connectivity index (χ3v) is 4.18. The first-order valence-corrected chi connectivity index (χ1v) is 7.51. The quantitative estimate of drug-likeness (QED) is 0.921. The van der Waals surface area contributed by atoms with E-state index in [0.29, 0.717) is 13.0 Å². The van der Waals surface area contributed by atoms with Crippen molar-refractivity contribution in [3.05, 3.63) is 45.2 Å². The standard InChI is InChI=1S/C17H20N2O2/c1-3-4-16(20)19-6-5-12-8-13-7-11(2)17(21)18-15(13)9-14(12)10-19/h7-9H,3-6,10H2,1-2H3,(H,18,21). The highest BCUT2D eigenvalue weighted by molar-refractivity contribution is 5.82. The Hall–Kier alpha value is -2.10. The Bertz CT molecular complexity index is 761. The minimum atomic E-state index is -0.0443. The maximum atomic E-state index is 12.0. The van der Waals surface area contributed by atoms with Gasteiger partial charge >= 0.3 is 0 Å². The van der Waals surface area contributed by atoms with E-state index in [0.717, 1.165) is 41.4 Å². The summed E-state index contributed by atoms with van der Waals surface area (Å²) in [4.78, 5) is 28.6. The van der Waals surface area contributed by atoms with Gasteiger partial charge in [0.05, 0.1) is 0 Å². The Morgan fingerprint density at radius 1 is 1.29 bits per heavy atom. The summed E-state index contributed by atoms with van der Waals surface area (Å²) >= 11 is 0. The number of hydrogen-bond acceptors (Lipinski definition) is 2. The zero-order chi connectivity index (χ0) is 15.0. The van der Waals surface area contributed by atoms with Crippen LogP contribution in [0.2, 0.25) is 0 Å². The number of rotatable bonds is 2. The average molecular weight is 284 g/mol. The summed E-state index contributed by atoms with van der Waals surface area (Å²) in [5.74, 6) is 0.223. The Balaban J connectivity index is 1.99. The Labute approximate surface area is 123 Å². The van der Waals surface area contributed by atoms with Crippen molar-refractivity contribution in [3.63, 3.8) is 0 Å².